The summed E-state index contributed by atoms with van der Waals surface area (Å²) in [5.74, 6) is -2.66. The number of hydrogen-bond acceptors (Lipinski definition) is 4. The lowest BCUT2D eigenvalue weighted by atomic mass is 9.90. The largest absolute Gasteiger partial charge is 0.480 e. The second-order valence-electron chi connectivity index (χ2n) is 5.96. The van der Waals surface area contributed by atoms with Crippen LogP contribution in [0.5, 0.6) is 0 Å². The maximum atomic E-state index is 12.6. The van der Waals surface area contributed by atoms with Crippen molar-refractivity contribution < 1.29 is 28.2 Å². The van der Waals surface area contributed by atoms with Crippen LogP contribution in [-0.4, -0.2) is 36.1 Å². The molecule has 2 unspecified atom stereocenters. The third-order valence-electron chi connectivity index (χ3n) is 4.49. The number of benzene rings is 1. The van der Waals surface area contributed by atoms with E-state index in [0.717, 1.165) is 0 Å². The summed E-state index contributed by atoms with van der Waals surface area (Å²) in [5.41, 5.74) is -1.21. The van der Waals surface area contributed by atoms with Gasteiger partial charge >= 0.3 is 11.9 Å². The number of aryl methyl sites for hydroxylation is 1. The van der Waals surface area contributed by atoms with Gasteiger partial charge in [0.25, 0.3) is 0 Å². The normalized spacial score (nSPS) is 24.5. The van der Waals surface area contributed by atoms with Crippen LogP contribution in [0.4, 0.5) is 0 Å². The summed E-state index contributed by atoms with van der Waals surface area (Å²) in [6, 6.07) is 3.62. The molecule has 0 bridgehead atoms. The number of hydrogen-bond donors (Lipinski definition) is 3. The highest BCUT2D eigenvalue weighted by atomic mass is 32.2. The average molecular weight is 341 g/mol. The molecule has 0 amide bonds. The third kappa shape index (κ3) is 3.09. The van der Waals surface area contributed by atoms with Crippen molar-refractivity contribution in [2.45, 2.75) is 43.5 Å². The summed E-state index contributed by atoms with van der Waals surface area (Å²) in [5, 5.41) is 18.5. The van der Waals surface area contributed by atoms with Crippen molar-refractivity contribution in [1.82, 2.24) is 4.72 Å². The maximum absolute atomic E-state index is 12.6. The zero-order valence-corrected chi connectivity index (χ0v) is 13.7. The van der Waals surface area contributed by atoms with Gasteiger partial charge in [0, 0.05) is 0 Å². The summed E-state index contributed by atoms with van der Waals surface area (Å²) in [7, 11) is -4.07. The lowest BCUT2D eigenvalue weighted by Gasteiger charge is -2.30. The van der Waals surface area contributed by atoms with Gasteiger partial charge in [-0.15, -0.1) is 0 Å². The molecule has 3 N–H and O–H groups in total. The first-order valence-electron chi connectivity index (χ1n) is 7.21. The Balaban J connectivity index is 2.41. The van der Waals surface area contributed by atoms with E-state index in [2.05, 4.69) is 4.72 Å². The number of sulfonamides is 1. The Hall–Kier alpha value is -1.93. The number of carbonyl (C=O) groups is 2. The van der Waals surface area contributed by atoms with E-state index in [9.17, 15) is 23.1 Å². The summed E-state index contributed by atoms with van der Waals surface area (Å²) < 4.78 is 27.4. The molecule has 0 aromatic heterocycles. The number of carboxylic acid groups (broad SMARTS) is 2. The minimum Gasteiger partial charge on any atom is -0.480 e. The van der Waals surface area contributed by atoms with Crippen LogP contribution in [0.25, 0.3) is 0 Å². The van der Waals surface area contributed by atoms with E-state index >= 15 is 0 Å². The molecule has 0 spiro atoms. The third-order valence-corrected chi connectivity index (χ3v) is 5.99. The Morgan fingerprint density at radius 2 is 1.96 bits per heavy atom. The van der Waals surface area contributed by atoms with E-state index < -0.39 is 27.5 Å². The number of aliphatic carboxylic acids is 1. The van der Waals surface area contributed by atoms with Crippen molar-refractivity contribution in [2.24, 2.45) is 5.92 Å². The number of carboxylic acids is 2. The first-order valence-corrected chi connectivity index (χ1v) is 8.70. The lowest BCUT2D eigenvalue weighted by molar-refractivity contribution is -0.145. The van der Waals surface area contributed by atoms with Crippen molar-refractivity contribution in [3.8, 4) is 0 Å². The van der Waals surface area contributed by atoms with E-state index in [1.165, 1.54) is 25.1 Å². The molecule has 1 fully saturated rings. The topological polar surface area (TPSA) is 121 Å². The quantitative estimate of drug-likeness (QED) is 0.748. The molecule has 0 aliphatic heterocycles. The Bertz CT molecular complexity index is 757. The fraction of sp³-hybridized carbons (Fsp3) is 0.467. The molecule has 0 radical (unpaired) electrons. The molecule has 126 valence electrons. The van der Waals surface area contributed by atoms with Crippen LogP contribution in [0.15, 0.2) is 23.1 Å². The van der Waals surface area contributed by atoms with Gasteiger partial charge in [-0.05, 0) is 49.4 Å². The predicted molar refractivity (Wildman–Crippen MR) is 81.8 cm³/mol. The number of rotatable bonds is 5. The van der Waals surface area contributed by atoms with E-state index in [1.807, 2.05) is 0 Å². The Morgan fingerprint density at radius 1 is 1.30 bits per heavy atom. The standard InChI is InChI=1S/C15H19NO6S/c1-9-8-11(5-6-12(9)13(17)18)23(21,22)16-15(14(19)20)7-3-4-10(15)2/h5-6,8,10,16H,3-4,7H2,1-2H3,(H,17,18)(H,19,20). The average Bonchev–Trinajstić information content (AvgIpc) is 2.80. The van der Waals surface area contributed by atoms with Crippen molar-refractivity contribution in [1.29, 1.82) is 0 Å². The minimum atomic E-state index is -4.07. The van der Waals surface area contributed by atoms with Crippen LogP contribution >= 0.6 is 0 Å². The molecule has 0 heterocycles. The van der Waals surface area contributed by atoms with Crippen LogP contribution in [0.3, 0.4) is 0 Å². The molecule has 23 heavy (non-hydrogen) atoms. The SMILES string of the molecule is Cc1cc(S(=O)(=O)NC2(C(=O)O)CCCC2C)ccc1C(=O)O. The molecular weight excluding hydrogens is 322 g/mol. The van der Waals surface area contributed by atoms with Gasteiger partial charge < -0.3 is 10.2 Å². The van der Waals surface area contributed by atoms with Gasteiger partial charge in [0.05, 0.1) is 10.5 Å². The molecule has 1 aliphatic rings. The Labute approximate surface area is 134 Å². The summed E-state index contributed by atoms with van der Waals surface area (Å²) >= 11 is 0. The molecule has 8 heteroatoms. The predicted octanol–water partition coefficient (Wildman–Crippen LogP) is 1.61. The monoisotopic (exact) mass is 341 g/mol. The lowest BCUT2D eigenvalue weighted by Crippen LogP contribution is -2.56. The molecule has 1 saturated carbocycles. The highest BCUT2D eigenvalue weighted by Crippen LogP contribution is 2.37. The van der Waals surface area contributed by atoms with Crippen LogP contribution in [0.1, 0.15) is 42.1 Å². The van der Waals surface area contributed by atoms with Crippen LogP contribution in [0, 0.1) is 12.8 Å². The van der Waals surface area contributed by atoms with Crippen LogP contribution < -0.4 is 4.72 Å². The Kier molecular flexibility index (Phi) is 4.50. The smallest absolute Gasteiger partial charge is 0.335 e. The second kappa shape index (κ2) is 5.93. The molecule has 7 nitrogen and oxygen atoms in total. The van der Waals surface area contributed by atoms with Gasteiger partial charge in [0.15, 0.2) is 0 Å². The Morgan fingerprint density at radius 3 is 2.39 bits per heavy atom. The van der Waals surface area contributed by atoms with Crippen molar-refractivity contribution in [3.05, 3.63) is 29.3 Å². The number of aromatic carboxylic acids is 1. The van der Waals surface area contributed by atoms with Gasteiger partial charge in [-0.3, -0.25) is 4.79 Å². The first-order chi connectivity index (χ1) is 10.6. The molecule has 0 saturated heterocycles. The van der Waals surface area contributed by atoms with Crippen molar-refractivity contribution in [3.63, 3.8) is 0 Å². The van der Waals surface area contributed by atoms with Gasteiger partial charge in [0.1, 0.15) is 5.54 Å². The summed E-state index contributed by atoms with van der Waals surface area (Å²) in [6.07, 6.45) is 1.49. The molecule has 2 rings (SSSR count). The van der Waals surface area contributed by atoms with E-state index in [1.54, 1.807) is 6.92 Å². The molecular formula is C15H19NO6S. The van der Waals surface area contributed by atoms with Gasteiger partial charge in [0.2, 0.25) is 10.0 Å². The van der Waals surface area contributed by atoms with E-state index in [4.69, 9.17) is 5.11 Å². The van der Waals surface area contributed by atoms with E-state index in [-0.39, 0.29) is 22.8 Å². The first kappa shape index (κ1) is 17.4. The molecule has 1 aliphatic carbocycles. The molecule has 1 aromatic rings. The van der Waals surface area contributed by atoms with Crippen molar-refractivity contribution >= 4 is 22.0 Å². The van der Waals surface area contributed by atoms with Gasteiger partial charge in [-0.2, -0.15) is 4.72 Å². The maximum Gasteiger partial charge on any atom is 0.335 e. The highest BCUT2D eigenvalue weighted by Gasteiger charge is 2.49. The van der Waals surface area contributed by atoms with Crippen molar-refractivity contribution in [2.75, 3.05) is 0 Å². The van der Waals surface area contributed by atoms with Gasteiger partial charge in [-0.25, -0.2) is 13.2 Å². The zero-order valence-electron chi connectivity index (χ0n) is 12.9. The van der Waals surface area contributed by atoms with Gasteiger partial charge in [-0.1, -0.05) is 13.3 Å². The second-order valence-corrected chi connectivity index (χ2v) is 7.64. The van der Waals surface area contributed by atoms with E-state index in [0.29, 0.717) is 18.4 Å². The summed E-state index contributed by atoms with van der Waals surface area (Å²) in [6.45, 7) is 3.20. The van der Waals surface area contributed by atoms with Crippen LogP contribution in [0.2, 0.25) is 0 Å². The molecule has 1 aromatic carbocycles. The molecule has 2 atom stereocenters. The highest BCUT2D eigenvalue weighted by molar-refractivity contribution is 7.89. The van der Waals surface area contributed by atoms with Crippen LogP contribution in [-0.2, 0) is 14.8 Å². The number of nitrogens with one attached hydrogen (secondary N) is 1. The zero-order chi connectivity index (χ0) is 17.4. The minimum absolute atomic E-state index is 0.00568. The fourth-order valence-electron chi connectivity index (χ4n) is 3.03. The fourth-order valence-corrected chi connectivity index (χ4v) is 4.60. The summed E-state index contributed by atoms with van der Waals surface area (Å²) in [4.78, 5) is 22.5.